The number of rotatable bonds is 5. The highest BCUT2D eigenvalue weighted by molar-refractivity contribution is 7.92. The number of hydrogen-bond donors (Lipinski definition) is 2. The maximum absolute atomic E-state index is 11.9. The highest BCUT2D eigenvalue weighted by atomic mass is 32.2. The number of aromatic amines is 1. The number of ether oxygens (including phenoxy) is 1. The number of aromatic nitrogens is 4. The van der Waals surface area contributed by atoms with Crippen LogP contribution in [0.3, 0.4) is 0 Å². The van der Waals surface area contributed by atoms with Crippen molar-refractivity contribution in [1.29, 1.82) is 0 Å². The SMILES string of the molecule is CCOc1n[nH]c(NS(=O)(=O)c2cccnc2)n1. The van der Waals surface area contributed by atoms with Gasteiger partial charge in [-0.15, -0.1) is 5.10 Å². The zero-order valence-corrected chi connectivity index (χ0v) is 10.3. The van der Waals surface area contributed by atoms with Crippen LogP contribution in [-0.2, 0) is 10.0 Å². The van der Waals surface area contributed by atoms with Gasteiger partial charge in [-0.3, -0.25) is 4.98 Å². The minimum Gasteiger partial charge on any atom is -0.463 e. The van der Waals surface area contributed by atoms with E-state index in [2.05, 4.69) is 24.9 Å². The Bertz CT molecular complexity index is 610. The van der Waals surface area contributed by atoms with Gasteiger partial charge in [0.2, 0.25) is 5.95 Å². The molecule has 0 atom stereocenters. The van der Waals surface area contributed by atoms with Gasteiger partial charge in [0.1, 0.15) is 4.90 Å². The van der Waals surface area contributed by atoms with Crippen LogP contribution in [0.4, 0.5) is 5.95 Å². The van der Waals surface area contributed by atoms with Crippen molar-refractivity contribution in [3.63, 3.8) is 0 Å². The van der Waals surface area contributed by atoms with E-state index in [1.54, 1.807) is 6.92 Å². The number of hydrogen-bond acceptors (Lipinski definition) is 6. The summed E-state index contributed by atoms with van der Waals surface area (Å²) >= 11 is 0. The zero-order chi connectivity index (χ0) is 13.0. The molecule has 2 rings (SSSR count). The normalized spacial score (nSPS) is 11.2. The lowest BCUT2D eigenvalue weighted by Crippen LogP contribution is -2.14. The number of H-pyrrole nitrogens is 1. The monoisotopic (exact) mass is 269 g/mol. The Balaban J connectivity index is 2.17. The van der Waals surface area contributed by atoms with Crippen molar-refractivity contribution < 1.29 is 13.2 Å². The van der Waals surface area contributed by atoms with Crippen LogP contribution in [0.15, 0.2) is 29.4 Å². The van der Waals surface area contributed by atoms with E-state index in [4.69, 9.17) is 4.74 Å². The van der Waals surface area contributed by atoms with Gasteiger partial charge < -0.3 is 4.74 Å². The molecule has 0 aliphatic carbocycles. The molecule has 0 saturated heterocycles. The molecule has 18 heavy (non-hydrogen) atoms. The fourth-order valence-electron chi connectivity index (χ4n) is 1.18. The summed E-state index contributed by atoms with van der Waals surface area (Å²) in [6.45, 7) is 2.17. The third kappa shape index (κ3) is 2.74. The van der Waals surface area contributed by atoms with E-state index < -0.39 is 10.0 Å². The van der Waals surface area contributed by atoms with Crippen LogP contribution in [0.2, 0.25) is 0 Å². The molecule has 0 aromatic carbocycles. The number of anilines is 1. The standard InChI is InChI=1S/C9H11N5O3S/c1-2-17-9-11-8(12-13-9)14-18(15,16)7-4-3-5-10-6-7/h3-6H,2H2,1H3,(H2,11,12,13,14). The minimum absolute atomic E-state index is 0.0118. The molecule has 0 amide bonds. The molecule has 2 aromatic heterocycles. The van der Waals surface area contributed by atoms with Crippen molar-refractivity contribution in [2.75, 3.05) is 11.3 Å². The molecule has 0 bridgehead atoms. The second kappa shape index (κ2) is 5.00. The van der Waals surface area contributed by atoms with Crippen LogP contribution in [0.5, 0.6) is 6.01 Å². The molecule has 2 aromatic rings. The minimum atomic E-state index is -3.72. The molecule has 96 valence electrons. The molecular weight excluding hydrogens is 258 g/mol. The molecule has 0 aliphatic heterocycles. The Labute approximate surface area is 103 Å². The third-order valence-corrected chi connectivity index (χ3v) is 3.24. The van der Waals surface area contributed by atoms with Gasteiger partial charge in [-0.05, 0) is 19.1 Å². The molecule has 0 fully saturated rings. The number of nitrogens with one attached hydrogen (secondary N) is 2. The summed E-state index contributed by atoms with van der Waals surface area (Å²) in [6, 6.07) is 3.04. The lowest BCUT2D eigenvalue weighted by Gasteiger charge is -2.03. The van der Waals surface area contributed by atoms with Gasteiger partial charge in [0, 0.05) is 12.4 Å². The van der Waals surface area contributed by atoms with Crippen LogP contribution in [0, 0.1) is 0 Å². The molecule has 0 radical (unpaired) electrons. The number of nitrogens with zero attached hydrogens (tertiary/aromatic N) is 3. The molecule has 0 spiro atoms. The molecular formula is C9H11N5O3S. The Morgan fingerprint density at radius 1 is 1.50 bits per heavy atom. The van der Waals surface area contributed by atoms with E-state index in [9.17, 15) is 8.42 Å². The van der Waals surface area contributed by atoms with Crippen LogP contribution in [0.25, 0.3) is 0 Å². The summed E-state index contributed by atoms with van der Waals surface area (Å²) < 4.78 is 31.0. The van der Waals surface area contributed by atoms with Gasteiger partial charge >= 0.3 is 6.01 Å². The quantitative estimate of drug-likeness (QED) is 0.813. The lowest BCUT2D eigenvalue weighted by atomic mass is 10.5. The Kier molecular flexibility index (Phi) is 3.42. The van der Waals surface area contributed by atoms with Crippen molar-refractivity contribution in [2.24, 2.45) is 0 Å². The highest BCUT2D eigenvalue weighted by Gasteiger charge is 2.16. The third-order valence-electron chi connectivity index (χ3n) is 1.91. The first kappa shape index (κ1) is 12.3. The van der Waals surface area contributed by atoms with Crippen molar-refractivity contribution in [2.45, 2.75) is 11.8 Å². The van der Waals surface area contributed by atoms with Crippen LogP contribution in [0.1, 0.15) is 6.92 Å². The maximum atomic E-state index is 11.9. The zero-order valence-electron chi connectivity index (χ0n) is 9.49. The second-order valence-corrected chi connectivity index (χ2v) is 4.88. The molecule has 2 N–H and O–H groups in total. The van der Waals surface area contributed by atoms with Gasteiger partial charge in [-0.1, -0.05) is 0 Å². The summed E-state index contributed by atoms with van der Waals surface area (Å²) in [5.74, 6) is -0.0118. The molecule has 2 heterocycles. The Morgan fingerprint density at radius 2 is 2.33 bits per heavy atom. The molecule has 0 unspecified atom stereocenters. The van der Waals surface area contributed by atoms with Gasteiger partial charge in [0.05, 0.1) is 6.61 Å². The molecule has 0 aliphatic rings. The molecule has 0 saturated carbocycles. The van der Waals surface area contributed by atoms with Gasteiger partial charge in [-0.25, -0.2) is 18.2 Å². The first-order valence-corrected chi connectivity index (χ1v) is 6.58. The van der Waals surface area contributed by atoms with Crippen molar-refractivity contribution in [1.82, 2.24) is 20.2 Å². The van der Waals surface area contributed by atoms with Gasteiger partial charge in [0.25, 0.3) is 10.0 Å². The number of pyridine rings is 1. The van der Waals surface area contributed by atoms with Gasteiger partial charge in [-0.2, -0.15) is 4.98 Å². The summed E-state index contributed by atoms with van der Waals surface area (Å²) in [5.41, 5.74) is 0. The fraction of sp³-hybridized carbons (Fsp3) is 0.222. The van der Waals surface area contributed by atoms with E-state index in [1.807, 2.05) is 0 Å². The molecule has 8 nitrogen and oxygen atoms in total. The summed E-state index contributed by atoms with van der Waals surface area (Å²) in [7, 11) is -3.72. The topological polar surface area (TPSA) is 110 Å². The van der Waals surface area contributed by atoms with E-state index in [0.29, 0.717) is 6.61 Å². The first-order valence-electron chi connectivity index (χ1n) is 5.10. The molecule has 9 heteroatoms. The van der Waals surface area contributed by atoms with Crippen LogP contribution in [-0.4, -0.2) is 35.2 Å². The van der Waals surface area contributed by atoms with Crippen LogP contribution < -0.4 is 9.46 Å². The second-order valence-electron chi connectivity index (χ2n) is 3.19. The summed E-state index contributed by atoms with van der Waals surface area (Å²) in [6.07, 6.45) is 2.73. The van der Waals surface area contributed by atoms with E-state index in [0.717, 1.165) is 0 Å². The fourth-order valence-corrected chi connectivity index (χ4v) is 2.10. The number of sulfonamides is 1. The lowest BCUT2D eigenvalue weighted by molar-refractivity contribution is 0.314. The average Bonchev–Trinajstić information content (AvgIpc) is 2.77. The first-order chi connectivity index (χ1) is 8.62. The largest absolute Gasteiger partial charge is 0.463 e. The van der Waals surface area contributed by atoms with Crippen molar-refractivity contribution >= 4 is 16.0 Å². The van der Waals surface area contributed by atoms with E-state index >= 15 is 0 Å². The van der Waals surface area contributed by atoms with Crippen molar-refractivity contribution in [3.8, 4) is 6.01 Å². The maximum Gasteiger partial charge on any atom is 0.337 e. The van der Waals surface area contributed by atoms with Gasteiger partial charge in [0.15, 0.2) is 0 Å². The summed E-state index contributed by atoms with van der Waals surface area (Å²) in [5, 5.41) is 6.10. The predicted molar refractivity (Wildman–Crippen MR) is 62.6 cm³/mol. The smallest absolute Gasteiger partial charge is 0.337 e. The highest BCUT2D eigenvalue weighted by Crippen LogP contribution is 2.12. The van der Waals surface area contributed by atoms with Crippen molar-refractivity contribution in [3.05, 3.63) is 24.5 Å². The predicted octanol–water partition coefficient (Wildman–Crippen LogP) is 0.399. The summed E-state index contributed by atoms with van der Waals surface area (Å²) in [4.78, 5) is 7.59. The van der Waals surface area contributed by atoms with E-state index in [-0.39, 0.29) is 16.9 Å². The van der Waals surface area contributed by atoms with Crippen LogP contribution >= 0.6 is 0 Å². The average molecular weight is 269 g/mol. The Morgan fingerprint density at radius 3 is 3.00 bits per heavy atom. The van der Waals surface area contributed by atoms with E-state index in [1.165, 1.54) is 24.5 Å². The Hall–Kier alpha value is -2.16.